The summed E-state index contributed by atoms with van der Waals surface area (Å²) in [5, 5.41) is 23.7. The first-order valence-electron chi connectivity index (χ1n) is 16.1. The van der Waals surface area contributed by atoms with E-state index >= 15 is 0 Å². The van der Waals surface area contributed by atoms with Crippen LogP contribution in [0.15, 0.2) is 95.9 Å². The fraction of sp³-hybridized carbons (Fsp3) is 0.211. The Labute approximate surface area is 285 Å². The van der Waals surface area contributed by atoms with Gasteiger partial charge < -0.3 is 25.2 Å². The van der Waals surface area contributed by atoms with Crippen LogP contribution in [0.4, 0.5) is 22.7 Å². The molecule has 0 fully saturated rings. The summed E-state index contributed by atoms with van der Waals surface area (Å²) in [7, 11) is -4.50. The Kier molecular flexibility index (Phi) is 10.7. The van der Waals surface area contributed by atoms with Gasteiger partial charge >= 0.3 is 16.1 Å². The monoisotopic (exact) mass is 679 g/mol. The van der Waals surface area contributed by atoms with Crippen molar-refractivity contribution >= 4 is 55.9 Å². The average molecular weight is 680 g/mol. The first kappa shape index (κ1) is 34.8. The third-order valence-corrected chi connectivity index (χ3v) is 9.67. The van der Waals surface area contributed by atoms with Crippen LogP contribution in [0, 0.1) is 0 Å². The Morgan fingerprint density at radius 1 is 0.837 bits per heavy atom. The molecule has 0 saturated carbocycles. The minimum Gasteiger partial charge on any atom is -0.507 e. The zero-order valence-corrected chi connectivity index (χ0v) is 28.0. The van der Waals surface area contributed by atoms with Crippen LogP contribution >= 0.6 is 0 Å². The van der Waals surface area contributed by atoms with Crippen LogP contribution in [0.25, 0.3) is 16.3 Å². The van der Waals surface area contributed by atoms with Gasteiger partial charge in [-0.3, -0.25) is 4.79 Å². The van der Waals surface area contributed by atoms with E-state index in [2.05, 4.69) is 12.2 Å². The van der Waals surface area contributed by atoms with E-state index < -0.39 is 21.8 Å². The number of phenols is 1. The van der Waals surface area contributed by atoms with Gasteiger partial charge in [0.1, 0.15) is 33.3 Å². The van der Waals surface area contributed by atoms with Crippen LogP contribution in [-0.4, -0.2) is 30.9 Å². The predicted octanol–water partition coefficient (Wildman–Crippen LogP) is 9.11. The Morgan fingerprint density at radius 2 is 1.39 bits per heavy atom. The minimum atomic E-state index is -4.50. The molecule has 0 aliphatic carbocycles. The highest BCUT2D eigenvalue weighted by Crippen LogP contribution is 2.40. The molecule has 11 heteroatoms. The number of aldehydes is 1. The van der Waals surface area contributed by atoms with E-state index in [1.165, 1.54) is 4.70 Å². The maximum absolute atomic E-state index is 13.6. The molecule has 49 heavy (non-hydrogen) atoms. The summed E-state index contributed by atoms with van der Waals surface area (Å²) in [5.74, 6) is -2.22. The zero-order chi connectivity index (χ0) is 35.1. The number of nitrogens with one attached hydrogen (secondary N) is 1. The van der Waals surface area contributed by atoms with E-state index in [-0.39, 0.29) is 21.8 Å². The molecule has 0 bridgehead atoms. The van der Waals surface area contributed by atoms with Crippen molar-refractivity contribution in [3.05, 3.63) is 119 Å². The van der Waals surface area contributed by atoms with Crippen molar-refractivity contribution in [2.45, 2.75) is 57.3 Å². The number of nitrogens with zero attached hydrogens (tertiary/aromatic N) is 2. The lowest BCUT2D eigenvalue weighted by Gasteiger charge is -2.21. The number of hydrogen-bond donors (Lipinski definition) is 3. The largest absolute Gasteiger partial charge is 0.507 e. The number of fused-ring (bicyclic) bond motifs is 3. The number of anilines is 2. The Morgan fingerprint density at radius 3 is 1.94 bits per heavy atom. The maximum atomic E-state index is 13.6. The highest BCUT2D eigenvalue weighted by atomic mass is 32.2. The van der Waals surface area contributed by atoms with Crippen molar-refractivity contribution in [1.82, 2.24) is 4.70 Å². The second kappa shape index (κ2) is 15.1. The Hall–Kier alpha value is -5.55. The highest BCUT2D eigenvalue weighted by molar-refractivity contribution is 7.87. The van der Waals surface area contributed by atoms with E-state index in [0.29, 0.717) is 30.1 Å². The van der Waals surface area contributed by atoms with Gasteiger partial charge in [-0.2, -0.15) is 8.42 Å². The van der Waals surface area contributed by atoms with Crippen molar-refractivity contribution in [2.75, 3.05) is 5.32 Å². The highest BCUT2D eigenvalue weighted by Gasteiger charge is 2.30. The number of rotatable bonds is 11. The third-order valence-electron chi connectivity index (χ3n) is 8.29. The quantitative estimate of drug-likeness (QED) is 0.0696. The molecule has 1 heterocycles. The normalized spacial score (nSPS) is 11.8. The molecule has 0 saturated heterocycles. The standard InChI is InChI=1S/C26H28O7S.C12H9N3/c1-3-5-9-19-18-11-7-8-12-20(18)23(16-27)25(21(19)10-6-4-2)34(31,32)33-17-13-14-22(26(29)30)24(28)15-17;13-15-11-7-3-1-5-9(11)14-10-6-2-4-8-12(10)15/h7-8,11-16,28H,3-6,9-10H2,1-2H3,(H,29,30);1-8,14H. The lowest BCUT2D eigenvalue weighted by atomic mass is 9.89. The molecule has 5 aromatic rings. The molecule has 0 radical (unpaired) electrons. The van der Waals surface area contributed by atoms with Gasteiger partial charge in [-0.1, -0.05) is 75.2 Å². The van der Waals surface area contributed by atoms with Crippen LogP contribution in [0.5, 0.6) is 11.5 Å². The van der Waals surface area contributed by atoms with Gasteiger partial charge in [-0.15, -0.1) is 0 Å². The van der Waals surface area contributed by atoms with Crippen molar-refractivity contribution in [2.24, 2.45) is 0 Å². The molecule has 0 amide bonds. The first-order valence-corrected chi connectivity index (χ1v) is 17.5. The molecule has 252 valence electrons. The number of hydrogen-bond acceptors (Lipinski definition) is 7. The van der Waals surface area contributed by atoms with E-state index in [0.717, 1.165) is 77.6 Å². The van der Waals surface area contributed by atoms with Crippen LogP contribution in [-0.2, 0) is 23.0 Å². The molecular formula is C38H37N3O7S. The topological polar surface area (TPSA) is 155 Å². The molecule has 0 spiro atoms. The molecule has 1 aliphatic heterocycles. The van der Waals surface area contributed by atoms with Crippen LogP contribution in [0.1, 0.15) is 71.4 Å². The number of carboxylic acids is 1. The molecule has 0 atom stereocenters. The van der Waals surface area contributed by atoms with Gasteiger partial charge in [0.25, 0.3) is 0 Å². The van der Waals surface area contributed by atoms with Crippen molar-refractivity contribution in [3.8, 4) is 11.5 Å². The van der Waals surface area contributed by atoms with Gasteiger partial charge in [-0.05, 0) is 71.8 Å². The zero-order valence-electron chi connectivity index (χ0n) is 27.2. The fourth-order valence-corrected chi connectivity index (χ4v) is 7.34. The lowest BCUT2D eigenvalue weighted by Crippen LogP contribution is -2.17. The Bertz CT molecular complexity index is 2120. The number of benzene rings is 5. The van der Waals surface area contributed by atoms with Gasteiger partial charge in [0, 0.05) is 23.8 Å². The van der Waals surface area contributed by atoms with Crippen molar-refractivity contribution < 1.29 is 32.4 Å². The van der Waals surface area contributed by atoms with E-state index in [4.69, 9.17) is 9.29 Å². The van der Waals surface area contributed by atoms with Crippen LogP contribution < -0.4 is 14.2 Å². The molecular weight excluding hydrogens is 642 g/mol. The molecule has 0 unspecified atom stereocenters. The number of para-hydroxylation sites is 4. The number of carbonyl (C=O) groups is 2. The number of unbranched alkanes of at least 4 members (excludes halogenated alkanes) is 2. The number of aryl methyl sites for hydroxylation is 1. The molecule has 3 N–H and O–H groups in total. The minimum absolute atomic E-state index is 0.0355. The second-order valence-corrected chi connectivity index (χ2v) is 13.0. The number of aromatic carboxylic acids is 1. The molecule has 5 aromatic carbocycles. The van der Waals surface area contributed by atoms with Crippen molar-refractivity contribution in [3.63, 3.8) is 0 Å². The number of carbonyl (C=O) groups excluding carboxylic acids is 1. The smallest absolute Gasteiger partial charge is 0.340 e. The van der Waals surface area contributed by atoms with Gasteiger partial charge in [0.05, 0.1) is 0 Å². The average Bonchev–Trinajstić information content (AvgIpc) is 3.09. The summed E-state index contributed by atoms with van der Waals surface area (Å²) >= 11 is 0. The van der Waals surface area contributed by atoms with Gasteiger partial charge in [-0.25, -0.2) is 9.49 Å². The van der Waals surface area contributed by atoms with Gasteiger partial charge in [0.15, 0.2) is 6.29 Å². The summed E-state index contributed by atoms with van der Waals surface area (Å²) in [5.41, 5.74) is 14.5. The lowest BCUT2D eigenvalue weighted by molar-refractivity contribution is 0.0693. The molecule has 10 nitrogen and oxygen atoms in total. The number of carboxylic acid groups (broad SMARTS) is 1. The summed E-state index contributed by atoms with van der Waals surface area (Å²) in [6.45, 7) is 4.06. The van der Waals surface area contributed by atoms with Crippen LogP contribution in [0.2, 0.25) is 0 Å². The van der Waals surface area contributed by atoms with E-state index in [1.54, 1.807) is 12.1 Å². The van der Waals surface area contributed by atoms with E-state index in [9.17, 15) is 28.6 Å². The summed E-state index contributed by atoms with van der Waals surface area (Å²) in [6.07, 6.45) is 5.00. The molecule has 1 aliphatic rings. The van der Waals surface area contributed by atoms with Crippen LogP contribution in [0.3, 0.4) is 0 Å². The maximum Gasteiger partial charge on any atom is 0.340 e. The summed E-state index contributed by atoms with van der Waals surface area (Å²) in [4.78, 5) is 23.2. The second-order valence-electron chi connectivity index (χ2n) is 11.6. The number of aromatic hydroxyl groups is 1. The van der Waals surface area contributed by atoms with Gasteiger partial charge in [0.2, 0.25) is 11.4 Å². The molecule has 0 aromatic heterocycles. The fourth-order valence-electron chi connectivity index (χ4n) is 5.94. The Balaban J connectivity index is 0.000000256. The summed E-state index contributed by atoms with van der Waals surface area (Å²) in [6, 6.07) is 25.7. The van der Waals surface area contributed by atoms with Crippen molar-refractivity contribution in [1.29, 1.82) is 0 Å². The third kappa shape index (κ3) is 7.31. The first-order chi connectivity index (χ1) is 23.6. The SMILES string of the molecule is CCCCc1c(S(=O)(=O)Oc2ccc(C(=O)O)c(O)c2)c(C=O)c2ccccc2c1CCCC.[N-]=[N+]1c2ccccc2Nc2ccccc21. The predicted molar refractivity (Wildman–Crippen MR) is 190 cm³/mol. The molecule has 6 rings (SSSR count). The van der Waals surface area contributed by atoms with E-state index in [1.807, 2.05) is 67.6 Å². The summed E-state index contributed by atoms with van der Waals surface area (Å²) < 4.78 is 33.7.